The zero-order chi connectivity index (χ0) is 13.0. The first-order chi connectivity index (χ1) is 7.95. The second kappa shape index (κ2) is 7.09. The first-order valence-corrected chi connectivity index (χ1v) is 8.38. The number of rotatable bonds is 4. The highest BCUT2D eigenvalue weighted by atomic mass is 127. The van der Waals surface area contributed by atoms with Crippen molar-refractivity contribution in [3.05, 3.63) is 32.7 Å². The SMILES string of the molecule is CC(C)C(CI)NC(=O)c1ccc(Br)cc1Br. The standard InChI is InChI=1S/C12H14Br2INO/c1-7(2)11(6-15)16-12(17)9-4-3-8(13)5-10(9)14/h3-5,7,11H,6H2,1-2H3,(H,16,17). The van der Waals surface area contributed by atoms with Crippen molar-refractivity contribution in [3.8, 4) is 0 Å². The van der Waals surface area contributed by atoms with Gasteiger partial charge in [0.2, 0.25) is 0 Å². The molecule has 0 spiro atoms. The first-order valence-electron chi connectivity index (χ1n) is 5.27. The molecule has 1 rings (SSSR count). The van der Waals surface area contributed by atoms with Gasteiger partial charge in [0, 0.05) is 19.4 Å². The lowest BCUT2D eigenvalue weighted by Crippen LogP contribution is -2.39. The molecule has 0 saturated heterocycles. The van der Waals surface area contributed by atoms with Crippen LogP contribution >= 0.6 is 54.5 Å². The smallest absolute Gasteiger partial charge is 0.252 e. The van der Waals surface area contributed by atoms with Crippen LogP contribution in [0.3, 0.4) is 0 Å². The van der Waals surface area contributed by atoms with Gasteiger partial charge in [0.1, 0.15) is 0 Å². The molecular formula is C12H14Br2INO. The summed E-state index contributed by atoms with van der Waals surface area (Å²) in [6.45, 7) is 4.22. The van der Waals surface area contributed by atoms with Crippen molar-refractivity contribution in [3.63, 3.8) is 0 Å². The van der Waals surface area contributed by atoms with Gasteiger partial charge in [0.25, 0.3) is 5.91 Å². The van der Waals surface area contributed by atoms with E-state index in [2.05, 4.69) is 73.6 Å². The third kappa shape index (κ3) is 4.52. The van der Waals surface area contributed by atoms with E-state index < -0.39 is 0 Å². The second-order valence-electron chi connectivity index (χ2n) is 4.10. The van der Waals surface area contributed by atoms with E-state index in [1.807, 2.05) is 18.2 Å². The maximum Gasteiger partial charge on any atom is 0.252 e. The maximum atomic E-state index is 12.1. The van der Waals surface area contributed by atoms with Gasteiger partial charge in [-0.3, -0.25) is 4.79 Å². The van der Waals surface area contributed by atoms with Crippen molar-refractivity contribution in [2.45, 2.75) is 19.9 Å². The van der Waals surface area contributed by atoms with Crippen LogP contribution in [0.15, 0.2) is 27.1 Å². The molecule has 1 atom stereocenters. The molecule has 0 aliphatic heterocycles. The molecule has 0 bridgehead atoms. The number of halogens is 3. The topological polar surface area (TPSA) is 29.1 Å². The van der Waals surface area contributed by atoms with Crippen molar-refractivity contribution < 1.29 is 4.79 Å². The van der Waals surface area contributed by atoms with Gasteiger partial charge in [-0.15, -0.1) is 0 Å². The largest absolute Gasteiger partial charge is 0.348 e. The maximum absolute atomic E-state index is 12.1. The Kier molecular flexibility index (Phi) is 6.44. The van der Waals surface area contributed by atoms with Crippen LogP contribution in [0.1, 0.15) is 24.2 Å². The number of nitrogens with one attached hydrogen (secondary N) is 1. The fourth-order valence-electron chi connectivity index (χ4n) is 1.30. The number of carbonyl (C=O) groups excluding carboxylic acids is 1. The van der Waals surface area contributed by atoms with Crippen molar-refractivity contribution >= 4 is 60.4 Å². The summed E-state index contributed by atoms with van der Waals surface area (Å²) < 4.78 is 2.67. The Bertz CT molecular complexity index is 409. The van der Waals surface area contributed by atoms with Crippen LogP contribution in [0, 0.1) is 5.92 Å². The van der Waals surface area contributed by atoms with E-state index in [-0.39, 0.29) is 11.9 Å². The van der Waals surface area contributed by atoms with Crippen LogP contribution < -0.4 is 5.32 Å². The van der Waals surface area contributed by atoms with Crippen molar-refractivity contribution in [1.29, 1.82) is 0 Å². The summed E-state index contributed by atoms with van der Waals surface area (Å²) in [4.78, 5) is 12.1. The lowest BCUT2D eigenvalue weighted by molar-refractivity contribution is 0.0931. The van der Waals surface area contributed by atoms with Gasteiger partial charge in [-0.2, -0.15) is 0 Å². The zero-order valence-electron chi connectivity index (χ0n) is 9.64. The summed E-state index contributed by atoms with van der Waals surface area (Å²) in [7, 11) is 0. The number of benzene rings is 1. The van der Waals surface area contributed by atoms with Crippen LogP contribution in [-0.2, 0) is 0 Å². The molecule has 2 nitrogen and oxygen atoms in total. The van der Waals surface area contributed by atoms with Crippen molar-refractivity contribution in [1.82, 2.24) is 5.32 Å². The van der Waals surface area contributed by atoms with Gasteiger partial charge in [-0.05, 0) is 40.0 Å². The Morgan fingerprint density at radius 3 is 2.53 bits per heavy atom. The fourth-order valence-corrected chi connectivity index (χ4v) is 3.77. The normalized spacial score (nSPS) is 12.6. The molecule has 1 N–H and O–H groups in total. The zero-order valence-corrected chi connectivity index (χ0v) is 15.0. The van der Waals surface area contributed by atoms with Crippen LogP contribution in [0.4, 0.5) is 0 Å². The summed E-state index contributed by atoms with van der Waals surface area (Å²) >= 11 is 9.07. The molecule has 0 aromatic heterocycles. The van der Waals surface area contributed by atoms with Gasteiger partial charge >= 0.3 is 0 Å². The average Bonchev–Trinajstić information content (AvgIpc) is 2.24. The van der Waals surface area contributed by atoms with Gasteiger partial charge < -0.3 is 5.32 Å². The molecule has 0 aliphatic carbocycles. The highest BCUT2D eigenvalue weighted by molar-refractivity contribution is 14.1. The Morgan fingerprint density at radius 1 is 1.41 bits per heavy atom. The van der Waals surface area contributed by atoms with E-state index in [1.165, 1.54) is 0 Å². The van der Waals surface area contributed by atoms with Crippen LogP contribution in [0.25, 0.3) is 0 Å². The second-order valence-corrected chi connectivity index (χ2v) is 6.75. The molecule has 94 valence electrons. The van der Waals surface area contributed by atoms with Crippen molar-refractivity contribution in [2.75, 3.05) is 4.43 Å². The lowest BCUT2D eigenvalue weighted by Gasteiger charge is -2.20. The van der Waals surface area contributed by atoms with E-state index in [9.17, 15) is 4.79 Å². The number of carbonyl (C=O) groups is 1. The number of amides is 1. The fraction of sp³-hybridized carbons (Fsp3) is 0.417. The number of alkyl halides is 1. The molecule has 17 heavy (non-hydrogen) atoms. The van der Waals surface area contributed by atoms with Gasteiger partial charge in [0.05, 0.1) is 5.56 Å². The predicted molar refractivity (Wildman–Crippen MR) is 86.8 cm³/mol. The Balaban J connectivity index is 2.82. The van der Waals surface area contributed by atoms with Gasteiger partial charge in [-0.25, -0.2) is 0 Å². The molecule has 1 aromatic rings. The average molecular weight is 475 g/mol. The van der Waals surface area contributed by atoms with E-state index in [1.54, 1.807) is 0 Å². The first kappa shape index (κ1) is 15.4. The van der Waals surface area contributed by atoms with Crippen LogP contribution in [0.2, 0.25) is 0 Å². The van der Waals surface area contributed by atoms with Crippen LogP contribution in [-0.4, -0.2) is 16.4 Å². The quantitative estimate of drug-likeness (QED) is 0.508. The van der Waals surface area contributed by atoms with E-state index in [0.717, 1.165) is 13.4 Å². The van der Waals surface area contributed by atoms with Gasteiger partial charge in [-0.1, -0.05) is 52.4 Å². The third-order valence-corrected chi connectivity index (χ3v) is 4.56. The summed E-state index contributed by atoms with van der Waals surface area (Å²) in [5.41, 5.74) is 0.670. The van der Waals surface area contributed by atoms with Crippen LogP contribution in [0.5, 0.6) is 0 Å². The number of hydrogen-bond acceptors (Lipinski definition) is 1. The molecule has 1 amide bonds. The molecular weight excluding hydrogens is 461 g/mol. The van der Waals surface area contributed by atoms with E-state index in [0.29, 0.717) is 11.5 Å². The number of hydrogen-bond donors (Lipinski definition) is 1. The minimum absolute atomic E-state index is 0.0280. The predicted octanol–water partition coefficient (Wildman–Crippen LogP) is 4.40. The molecule has 0 aliphatic rings. The third-order valence-electron chi connectivity index (χ3n) is 2.46. The summed E-state index contributed by atoms with van der Waals surface area (Å²) in [5.74, 6) is 0.407. The van der Waals surface area contributed by atoms with E-state index in [4.69, 9.17) is 0 Å². The summed E-state index contributed by atoms with van der Waals surface area (Å²) in [5, 5.41) is 3.05. The minimum atomic E-state index is -0.0280. The highest BCUT2D eigenvalue weighted by Gasteiger charge is 2.17. The summed E-state index contributed by atoms with van der Waals surface area (Å²) in [6, 6.07) is 5.77. The monoisotopic (exact) mass is 473 g/mol. The lowest BCUT2D eigenvalue weighted by atomic mass is 10.1. The molecule has 0 radical (unpaired) electrons. The summed E-state index contributed by atoms with van der Waals surface area (Å²) in [6.07, 6.45) is 0. The van der Waals surface area contributed by atoms with Crippen molar-refractivity contribution in [2.24, 2.45) is 5.92 Å². The molecule has 0 saturated carbocycles. The Labute approximate surface area is 132 Å². The molecule has 0 fully saturated rings. The molecule has 5 heteroatoms. The Hall–Kier alpha value is 0.380. The minimum Gasteiger partial charge on any atom is -0.348 e. The Morgan fingerprint density at radius 2 is 2.06 bits per heavy atom. The molecule has 1 unspecified atom stereocenters. The van der Waals surface area contributed by atoms with E-state index >= 15 is 0 Å². The molecule has 1 aromatic carbocycles. The van der Waals surface area contributed by atoms with Gasteiger partial charge in [0.15, 0.2) is 0 Å². The highest BCUT2D eigenvalue weighted by Crippen LogP contribution is 2.22. The molecule has 0 heterocycles.